The molecule has 0 saturated heterocycles. The SMILES string of the molecule is CC12Cc3ccccc3N1c1ccc(-c3ccc(-c4ccc5c(c4)c4ccccc4n5-c4ccccc4)cc3)cc1C2. The maximum Gasteiger partial charge on any atom is 0.0541 e. The molecule has 0 bridgehead atoms. The van der Waals surface area contributed by atoms with Crippen molar-refractivity contribution >= 4 is 33.2 Å². The van der Waals surface area contributed by atoms with Crippen LogP contribution in [0.25, 0.3) is 49.7 Å². The Kier molecular flexibility index (Phi) is 4.90. The molecule has 2 aliphatic heterocycles. The smallest absolute Gasteiger partial charge is 0.0541 e. The van der Waals surface area contributed by atoms with Crippen LogP contribution in [0, 0.1) is 0 Å². The van der Waals surface area contributed by atoms with Gasteiger partial charge in [-0.05, 0) is 102 Å². The Morgan fingerprint density at radius 1 is 0.476 bits per heavy atom. The minimum atomic E-state index is 0.136. The highest BCUT2D eigenvalue weighted by Gasteiger charge is 2.46. The molecule has 1 aromatic heterocycles. The fraction of sp³-hybridized carbons (Fsp3) is 0.100. The molecule has 0 radical (unpaired) electrons. The molecule has 0 saturated carbocycles. The Balaban J connectivity index is 1.07. The van der Waals surface area contributed by atoms with Gasteiger partial charge in [0.15, 0.2) is 0 Å². The van der Waals surface area contributed by atoms with Crippen molar-refractivity contribution in [3.8, 4) is 27.9 Å². The van der Waals surface area contributed by atoms with Gasteiger partial charge in [0.05, 0.1) is 16.6 Å². The van der Waals surface area contributed by atoms with Gasteiger partial charge in [-0.1, -0.05) is 91.0 Å². The molecule has 2 heteroatoms. The zero-order chi connectivity index (χ0) is 27.8. The summed E-state index contributed by atoms with van der Waals surface area (Å²) >= 11 is 0. The van der Waals surface area contributed by atoms with Gasteiger partial charge in [0.25, 0.3) is 0 Å². The van der Waals surface area contributed by atoms with Crippen molar-refractivity contribution in [1.29, 1.82) is 0 Å². The molecule has 1 atom stereocenters. The van der Waals surface area contributed by atoms with Gasteiger partial charge < -0.3 is 9.47 Å². The molecule has 6 aromatic carbocycles. The number of fused-ring (bicyclic) bond motifs is 8. The lowest BCUT2D eigenvalue weighted by molar-refractivity contribution is 0.507. The van der Waals surface area contributed by atoms with Crippen molar-refractivity contribution in [1.82, 2.24) is 4.57 Å². The van der Waals surface area contributed by atoms with Gasteiger partial charge in [-0.15, -0.1) is 0 Å². The molecule has 2 nitrogen and oxygen atoms in total. The maximum atomic E-state index is 2.58. The third-order valence-electron chi connectivity index (χ3n) is 9.47. The molecule has 2 aliphatic rings. The van der Waals surface area contributed by atoms with Gasteiger partial charge in [-0.3, -0.25) is 0 Å². The standard InChI is InChI=1S/C40H30N2/c1-40-25-31-9-5-7-13-36(31)42(40)37-21-19-29(23-32(37)26-40)27-15-17-28(18-16-27)30-20-22-39-35(24-30)34-12-6-8-14-38(34)41(39)33-10-3-2-4-11-33/h2-24H,25-26H2,1H3. The average Bonchev–Trinajstić information content (AvgIpc) is 3.63. The van der Waals surface area contributed by atoms with Crippen LogP contribution in [0.4, 0.5) is 11.4 Å². The van der Waals surface area contributed by atoms with Crippen molar-refractivity contribution in [3.05, 3.63) is 151 Å². The fourth-order valence-corrected chi connectivity index (χ4v) is 7.62. The summed E-state index contributed by atoms with van der Waals surface area (Å²) in [6, 6.07) is 51.3. The minimum absolute atomic E-state index is 0.136. The van der Waals surface area contributed by atoms with Gasteiger partial charge in [-0.2, -0.15) is 0 Å². The maximum absolute atomic E-state index is 2.58. The second-order valence-electron chi connectivity index (χ2n) is 12.2. The molecule has 3 heterocycles. The van der Waals surface area contributed by atoms with E-state index in [1.54, 1.807) is 0 Å². The van der Waals surface area contributed by atoms with Crippen molar-refractivity contribution < 1.29 is 0 Å². The van der Waals surface area contributed by atoms with Crippen LogP contribution in [-0.2, 0) is 12.8 Å². The van der Waals surface area contributed by atoms with Gasteiger partial charge in [0.2, 0.25) is 0 Å². The van der Waals surface area contributed by atoms with E-state index in [0.29, 0.717) is 0 Å². The van der Waals surface area contributed by atoms with Crippen LogP contribution in [0.3, 0.4) is 0 Å². The summed E-state index contributed by atoms with van der Waals surface area (Å²) in [7, 11) is 0. The first-order valence-electron chi connectivity index (χ1n) is 14.9. The lowest BCUT2D eigenvalue weighted by atomic mass is 9.91. The number of benzene rings is 6. The molecule has 0 N–H and O–H groups in total. The Morgan fingerprint density at radius 2 is 1.07 bits per heavy atom. The Labute approximate surface area is 246 Å². The molecule has 42 heavy (non-hydrogen) atoms. The third-order valence-corrected chi connectivity index (χ3v) is 9.47. The van der Waals surface area contributed by atoms with E-state index in [0.717, 1.165) is 12.8 Å². The van der Waals surface area contributed by atoms with Crippen LogP contribution < -0.4 is 4.90 Å². The average molecular weight is 539 g/mol. The summed E-state index contributed by atoms with van der Waals surface area (Å²) in [6.07, 6.45) is 2.19. The van der Waals surface area contributed by atoms with E-state index in [4.69, 9.17) is 0 Å². The van der Waals surface area contributed by atoms with Crippen molar-refractivity contribution in [2.24, 2.45) is 0 Å². The van der Waals surface area contributed by atoms with E-state index in [1.807, 2.05) is 0 Å². The summed E-state index contributed by atoms with van der Waals surface area (Å²) in [5, 5.41) is 2.56. The summed E-state index contributed by atoms with van der Waals surface area (Å²) < 4.78 is 2.37. The molecular weight excluding hydrogens is 508 g/mol. The molecule has 1 unspecified atom stereocenters. The second kappa shape index (κ2) is 8.71. The van der Waals surface area contributed by atoms with E-state index in [2.05, 4.69) is 156 Å². The highest BCUT2D eigenvalue weighted by Crippen LogP contribution is 2.52. The number of para-hydroxylation sites is 3. The summed E-state index contributed by atoms with van der Waals surface area (Å²) in [5.41, 5.74) is 14.5. The highest BCUT2D eigenvalue weighted by atomic mass is 15.2. The van der Waals surface area contributed by atoms with E-state index in [1.165, 1.54) is 72.2 Å². The summed E-state index contributed by atoms with van der Waals surface area (Å²) in [5.74, 6) is 0. The fourth-order valence-electron chi connectivity index (χ4n) is 7.62. The first-order valence-corrected chi connectivity index (χ1v) is 14.9. The molecule has 200 valence electrons. The van der Waals surface area contributed by atoms with Gasteiger partial charge >= 0.3 is 0 Å². The normalized spacial score (nSPS) is 17.0. The van der Waals surface area contributed by atoms with Crippen molar-refractivity contribution in [3.63, 3.8) is 0 Å². The zero-order valence-corrected chi connectivity index (χ0v) is 23.6. The van der Waals surface area contributed by atoms with Crippen molar-refractivity contribution in [2.45, 2.75) is 25.3 Å². The van der Waals surface area contributed by atoms with E-state index in [9.17, 15) is 0 Å². The monoisotopic (exact) mass is 538 g/mol. The molecule has 0 amide bonds. The Bertz CT molecular complexity index is 2150. The number of rotatable bonds is 3. The molecule has 0 spiro atoms. The summed E-state index contributed by atoms with van der Waals surface area (Å²) in [4.78, 5) is 2.58. The van der Waals surface area contributed by atoms with E-state index >= 15 is 0 Å². The number of hydrogen-bond donors (Lipinski definition) is 0. The van der Waals surface area contributed by atoms with Crippen LogP contribution >= 0.6 is 0 Å². The van der Waals surface area contributed by atoms with Crippen molar-refractivity contribution in [2.75, 3.05) is 4.90 Å². The predicted octanol–water partition coefficient (Wildman–Crippen LogP) is 10.1. The number of nitrogens with zero attached hydrogens (tertiary/aromatic N) is 2. The number of anilines is 2. The van der Waals surface area contributed by atoms with Crippen LogP contribution in [0.1, 0.15) is 18.1 Å². The first kappa shape index (κ1) is 23.6. The molecular formula is C40H30N2. The van der Waals surface area contributed by atoms with Crippen LogP contribution in [0.2, 0.25) is 0 Å². The molecule has 9 rings (SSSR count). The van der Waals surface area contributed by atoms with Crippen LogP contribution in [0.15, 0.2) is 140 Å². The topological polar surface area (TPSA) is 8.17 Å². The minimum Gasteiger partial charge on any atom is -0.334 e. The first-order chi connectivity index (χ1) is 20.7. The molecule has 0 aliphatic carbocycles. The van der Waals surface area contributed by atoms with Crippen LogP contribution in [0.5, 0.6) is 0 Å². The number of hydrogen-bond acceptors (Lipinski definition) is 1. The quantitative estimate of drug-likeness (QED) is 0.217. The van der Waals surface area contributed by atoms with Gasteiger partial charge in [-0.25, -0.2) is 0 Å². The molecule has 7 aromatic rings. The molecule has 0 fully saturated rings. The van der Waals surface area contributed by atoms with Crippen LogP contribution in [-0.4, -0.2) is 10.1 Å². The van der Waals surface area contributed by atoms with E-state index in [-0.39, 0.29) is 5.54 Å². The third kappa shape index (κ3) is 3.39. The lowest BCUT2D eigenvalue weighted by Crippen LogP contribution is -2.37. The summed E-state index contributed by atoms with van der Waals surface area (Å²) in [6.45, 7) is 2.41. The zero-order valence-electron chi connectivity index (χ0n) is 23.6. The van der Waals surface area contributed by atoms with Gasteiger partial charge in [0.1, 0.15) is 0 Å². The second-order valence-corrected chi connectivity index (χ2v) is 12.2. The predicted molar refractivity (Wildman–Crippen MR) is 176 cm³/mol. The Morgan fingerprint density at radius 3 is 1.90 bits per heavy atom. The largest absolute Gasteiger partial charge is 0.334 e. The lowest BCUT2D eigenvalue weighted by Gasteiger charge is -2.30. The van der Waals surface area contributed by atoms with E-state index < -0.39 is 0 Å². The highest BCUT2D eigenvalue weighted by molar-refractivity contribution is 6.10. The Hall–Kier alpha value is -5.08. The van der Waals surface area contributed by atoms with Gasteiger partial charge in [0, 0.05) is 27.8 Å². The number of aromatic nitrogens is 1.